The largest absolute Gasteiger partial charge is 0.309 e. The Kier molecular flexibility index (Phi) is 6.00. The zero-order valence-electron chi connectivity index (χ0n) is 13.3. The first-order chi connectivity index (χ1) is 10.6. The van der Waals surface area contributed by atoms with E-state index >= 15 is 0 Å². The minimum absolute atomic E-state index is 0.0512. The Balaban J connectivity index is 2.18. The number of hydrogen-bond donors (Lipinski definition) is 0. The van der Waals surface area contributed by atoms with E-state index in [0.717, 1.165) is 41.5 Å². The van der Waals surface area contributed by atoms with E-state index in [1.165, 1.54) is 0 Å². The lowest BCUT2D eigenvalue weighted by Gasteiger charge is -2.20. The molecular formula is C16H22N4OS. The summed E-state index contributed by atoms with van der Waals surface area (Å²) in [5.74, 6) is 2.23. The SMILES string of the molecule is CCSCCCN(C(C)=O)c1cn(-c2cccnc2)nc1C. The molecule has 2 aromatic rings. The van der Waals surface area contributed by atoms with Gasteiger partial charge < -0.3 is 4.90 Å². The number of carbonyl (C=O) groups excluding carboxylic acids is 1. The number of aryl methyl sites for hydroxylation is 1. The maximum atomic E-state index is 12.0. The second-order valence-electron chi connectivity index (χ2n) is 4.98. The van der Waals surface area contributed by atoms with Gasteiger partial charge in [0.25, 0.3) is 0 Å². The second-order valence-corrected chi connectivity index (χ2v) is 6.37. The molecule has 6 heteroatoms. The van der Waals surface area contributed by atoms with Crippen molar-refractivity contribution in [1.82, 2.24) is 14.8 Å². The molecule has 2 rings (SSSR count). The molecule has 118 valence electrons. The standard InChI is InChI=1S/C16H22N4OS/c1-4-22-10-6-9-19(14(3)21)16-12-20(18-13(16)2)15-7-5-8-17-11-15/h5,7-8,11-12H,4,6,9-10H2,1-3H3. The first-order valence-corrected chi connectivity index (χ1v) is 8.61. The van der Waals surface area contributed by atoms with Crippen LogP contribution < -0.4 is 4.90 Å². The highest BCUT2D eigenvalue weighted by molar-refractivity contribution is 7.99. The monoisotopic (exact) mass is 318 g/mol. The molecule has 0 aliphatic carbocycles. The molecule has 2 heterocycles. The second kappa shape index (κ2) is 7.98. The van der Waals surface area contributed by atoms with Crippen molar-refractivity contribution >= 4 is 23.4 Å². The lowest BCUT2D eigenvalue weighted by atomic mass is 10.3. The van der Waals surface area contributed by atoms with E-state index in [1.807, 2.05) is 41.9 Å². The topological polar surface area (TPSA) is 51.0 Å². The van der Waals surface area contributed by atoms with Crippen LogP contribution in [0.3, 0.4) is 0 Å². The lowest BCUT2D eigenvalue weighted by molar-refractivity contribution is -0.116. The predicted molar refractivity (Wildman–Crippen MR) is 91.7 cm³/mol. The summed E-state index contributed by atoms with van der Waals surface area (Å²) in [6.07, 6.45) is 6.37. The number of aromatic nitrogens is 3. The maximum Gasteiger partial charge on any atom is 0.223 e. The van der Waals surface area contributed by atoms with Gasteiger partial charge in [-0.2, -0.15) is 16.9 Å². The van der Waals surface area contributed by atoms with Crippen molar-refractivity contribution < 1.29 is 4.79 Å². The molecule has 5 nitrogen and oxygen atoms in total. The van der Waals surface area contributed by atoms with Crippen LogP contribution in [0.4, 0.5) is 5.69 Å². The third-order valence-corrected chi connectivity index (χ3v) is 4.31. The van der Waals surface area contributed by atoms with Crippen molar-refractivity contribution in [3.63, 3.8) is 0 Å². The molecule has 0 radical (unpaired) electrons. The maximum absolute atomic E-state index is 12.0. The summed E-state index contributed by atoms with van der Waals surface area (Å²) in [6, 6.07) is 3.82. The van der Waals surface area contributed by atoms with Gasteiger partial charge in [0.1, 0.15) is 0 Å². The smallest absolute Gasteiger partial charge is 0.223 e. The van der Waals surface area contributed by atoms with Gasteiger partial charge in [-0.3, -0.25) is 9.78 Å². The van der Waals surface area contributed by atoms with Crippen molar-refractivity contribution in [1.29, 1.82) is 0 Å². The molecule has 22 heavy (non-hydrogen) atoms. The molecule has 0 N–H and O–H groups in total. The third-order valence-electron chi connectivity index (χ3n) is 3.33. The van der Waals surface area contributed by atoms with Gasteiger partial charge in [0, 0.05) is 19.7 Å². The average molecular weight is 318 g/mol. The van der Waals surface area contributed by atoms with Crippen molar-refractivity contribution in [3.8, 4) is 5.69 Å². The summed E-state index contributed by atoms with van der Waals surface area (Å²) < 4.78 is 1.77. The molecule has 0 aliphatic heterocycles. The van der Waals surface area contributed by atoms with Crippen molar-refractivity contribution in [3.05, 3.63) is 36.4 Å². The number of anilines is 1. The first-order valence-electron chi connectivity index (χ1n) is 7.46. The number of nitrogens with zero attached hydrogens (tertiary/aromatic N) is 4. The van der Waals surface area contributed by atoms with Crippen LogP contribution in [0.5, 0.6) is 0 Å². The van der Waals surface area contributed by atoms with Crippen LogP contribution in [0.25, 0.3) is 5.69 Å². The summed E-state index contributed by atoms with van der Waals surface area (Å²) in [5, 5.41) is 4.51. The van der Waals surface area contributed by atoms with E-state index in [4.69, 9.17) is 0 Å². The van der Waals surface area contributed by atoms with Crippen molar-refractivity contribution in [2.45, 2.75) is 27.2 Å². The van der Waals surface area contributed by atoms with E-state index in [1.54, 1.807) is 24.0 Å². The van der Waals surface area contributed by atoms with Gasteiger partial charge in [0.05, 0.1) is 29.5 Å². The molecule has 0 fully saturated rings. The van der Waals surface area contributed by atoms with Crippen molar-refractivity contribution in [2.24, 2.45) is 0 Å². The van der Waals surface area contributed by atoms with E-state index in [9.17, 15) is 4.79 Å². The number of amides is 1. The summed E-state index contributed by atoms with van der Waals surface area (Å²) in [6.45, 7) is 6.41. The Bertz CT molecular complexity index is 612. The van der Waals surface area contributed by atoms with Crippen LogP contribution in [0.15, 0.2) is 30.7 Å². The van der Waals surface area contributed by atoms with Gasteiger partial charge in [-0.15, -0.1) is 0 Å². The fourth-order valence-corrected chi connectivity index (χ4v) is 2.88. The molecule has 0 saturated heterocycles. The molecule has 0 saturated carbocycles. The fourth-order valence-electron chi connectivity index (χ4n) is 2.25. The molecule has 1 amide bonds. The molecule has 0 atom stereocenters. The lowest BCUT2D eigenvalue weighted by Crippen LogP contribution is -2.30. The summed E-state index contributed by atoms with van der Waals surface area (Å²) in [4.78, 5) is 17.9. The average Bonchev–Trinajstić information content (AvgIpc) is 2.89. The van der Waals surface area contributed by atoms with Gasteiger partial charge in [-0.25, -0.2) is 4.68 Å². The Labute approximate surface area is 135 Å². The summed E-state index contributed by atoms with van der Waals surface area (Å²) in [7, 11) is 0. The highest BCUT2D eigenvalue weighted by atomic mass is 32.2. The summed E-state index contributed by atoms with van der Waals surface area (Å²) >= 11 is 1.90. The zero-order chi connectivity index (χ0) is 15.9. The Morgan fingerprint density at radius 3 is 2.91 bits per heavy atom. The van der Waals surface area contributed by atoms with Crippen LogP contribution in [-0.4, -0.2) is 38.7 Å². The first kappa shape index (κ1) is 16.5. The van der Waals surface area contributed by atoms with Crippen LogP contribution in [0.1, 0.15) is 26.0 Å². The van der Waals surface area contributed by atoms with Gasteiger partial charge in [-0.05, 0) is 37.0 Å². The quantitative estimate of drug-likeness (QED) is 0.736. The number of thioether (sulfide) groups is 1. The molecule has 0 unspecified atom stereocenters. The Morgan fingerprint density at radius 2 is 2.27 bits per heavy atom. The minimum Gasteiger partial charge on any atom is -0.309 e. The van der Waals surface area contributed by atoms with E-state index < -0.39 is 0 Å². The van der Waals surface area contributed by atoms with Crippen LogP contribution in [0.2, 0.25) is 0 Å². The van der Waals surface area contributed by atoms with E-state index in [-0.39, 0.29) is 5.91 Å². The molecule has 0 spiro atoms. The zero-order valence-corrected chi connectivity index (χ0v) is 14.1. The molecule has 0 aromatic carbocycles. The van der Waals surface area contributed by atoms with Gasteiger partial charge >= 0.3 is 0 Å². The molecular weight excluding hydrogens is 296 g/mol. The van der Waals surface area contributed by atoms with E-state index in [0.29, 0.717) is 0 Å². The number of hydrogen-bond acceptors (Lipinski definition) is 4. The van der Waals surface area contributed by atoms with Gasteiger partial charge in [-0.1, -0.05) is 6.92 Å². The van der Waals surface area contributed by atoms with Gasteiger partial charge in [0.2, 0.25) is 5.91 Å². The number of carbonyl (C=O) groups is 1. The minimum atomic E-state index is 0.0512. The third kappa shape index (κ3) is 4.10. The summed E-state index contributed by atoms with van der Waals surface area (Å²) in [5.41, 5.74) is 2.61. The molecule has 2 aromatic heterocycles. The van der Waals surface area contributed by atoms with Crippen LogP contribution in [0, 0.1) is 6.92 Å². The van der Waals surface area contributed by atoms with Crippen LogP contribution >= 0.6 is 11.8 Å². The van der Waals surface area contributed by atoms with Crippen LogP contribution in [-0.2, 0) is 4.79 Å². The fraction of sp³-hybridized carbons (Fsp3) is 0.438. The Morgan fingerprint density at radius 1 is 1.45 bits per heavy atom. The number of rotatable bonds is 7. The van der Waals surface area contributed by atoms with E-state index in [2.05, 4.69) is 17.0 Å². The highest BCUT2D eigenvalue weighted by Gasteiger charge is 2.17. The molecule has 0 aliphatic rings. The number of pyridine rings is 1. The van der Waals surface area contributed by atoms with Crippen molar-refractivity contribution in [2.75, 3.05) is 23.0 Å². The Hall–Kier alpha value is -1.82. The predicted octanol–water partition coefficient (Wildman–Crippen LogP) is 3.07. The molecule has 0 bridgehead atoms. The highest BCUT2D eigenvalue weighted by Crippen LogP contribution is 2.21. The normalized spacial score (nSPS) is 10.7. The van der Waals surface area contributed by atoms with Gasteiger partial charge in [0.15, 0.2) is 0 Å².